The molecular formula is C44H24N2O2S. The van der Waals surface area contributed by atoms with E-state index in [2.05, 4.69) is 127 Å². The fraction of sp³-hybridized carbons (Fsp3) is 0. The molecule has 0 saturated carbocycles. The Balaban J connectivity index is 1.23. The van der Waals surface area contributed by atoms with Gasteiger partial charge in [-0.05, 0) is 52.9 Å². The Hall–Kier alpha value is -6.30. The van der Waals surface area contributed by atoms with Crippen LogP contribution in [0.5, 0.6) is 0 Å². The van der Waals surface area contributed by atoms with E-state index in [9.17, 15) is 0 Å². The van der Waals surface area contributed by atoms with Crippen LogP contribution in [0.3, 0.4) is 0 Å². The van der Waals surface area contributed by atoms with Gasteiger partial charge in [0, 0.05) is 48.1 Å². The molecule has 0 aliphatic carbocycles. The van der Waals surface area contributed by atoms with Crippen molar-refractivity contribution in [3.05, 3.63) is 146 Å². The average Bonchev–Trinajstić information content (AvgIpc) is 3.85. The van der Waals surface area contributed by atoms with Crippen LogP contribution in [0.4, 0.5) is 0 Å². The minimum Gasteiger partial charge on any atom is -0.456 e. The molecule has 4 nitrogen and oxygen atoms in total. The van der Waals surface area contributed by atoms with Gasteiger partial charge in [-0.25, -0.2) is 9.97 Å². The molecule has 0 N–H and O–H groups in total. The minimum absolute atomic E-state index is 0.661. The van der Waals surface area contributed by atoms with Gasteiger partial charge in [0.1, 0.15) is 22.3 Å². The maximum Gasteiger partial charge on any atom is 0.160 e. The van der Waals surface area contributed by atoms with Crippen LogP contribution < -0.4 is 0 Å². The second kappa shape index (κ2) is 10.1. The molecule has 49 heavy (non-hydrogen) atoms. The molecule has 0 bridgehead atoms. The Bertz CT molecular complexity index is 3110. The van der Waals surface area contributed by atoms with E-state index in [0.29, 0.717) is 5.82 Å². The molecule has 11 aromatic rings. The van der Waals surface area contributed by atoms with E-state index in [1.807, 2.05) is 18.2 Å². The SMILES string of the molecule is c1ccc(-c2cc3c(oc4cccc(-c5nc(-c6ccc7c(c6)oc6ccccc67)nc6c5sc5ccccc56)c43)c3ccccc23)cc1. The highest BCUT2D eigenvalue weighted by Gasteiger charge is 2.22. The molecule has 0 spiro atoms. The molecule has 228 valence electrons. The lowest BCUT2D eigenvalue weighted by Gasteiger charge is -2.10. The molecule has 0 saturated heterocycles. The Morgan fingerprint density at radius 1 is 0.449 bits per heavy atom. The third kappa shape index (κ3) is 3.91. The molecular weight excluding hydrogens is 621 g/mol. The van der Waals surface area contributed by atoms with Gasteiger partial charge < -0.3 is 8.83 Å². The van der Waals surface area contributed by atoms with Crippen LogP contribution >= 0.6 is 11.3 Å². The summed E-state index contributed by atoms with van der Waals surface area (Å²) in [5.74, 6) is 0.661. The molecule has 0 unspecified atom stereocenters. The summed E-state index contributed by atoms with van der Waals surface area (Å²) in [6, 6.07) is 50.7. The molecule has 0 atom stereocenters. The van der Waals surface area contributed by atoms with Crippen molar-refractivity contribution in [1.82, 2.24) is 9.97 Å². The van der Waals surface area contributed by atoms with Crippen LogP contribution in [-0.2, 0) is 0 Å². The highest BCUT2D eigenvalue weighted by Crippen LogP contribution is 2.46. The van der Waals surface area contributed by atoms with Crippen molar-refractivity contribution in [2.24, 2.45) is 0 Å². The van der Waals surface area contributed by atoms with Crippen molar-refractivity contribution in [3.63, 3.8) is 0 Å². The minimum atomic E-state index is 0.661. The normalized spacial score (nSPS) is 12.1. The lowest BCUT2D eigenvalue weighted by atomic mass is 9.94. The number of fused-ring (bicyclic) bond motifs is 11. The number of rotatable bonds is 3. The maximum absolute atomic E-state index is 6.73. The molecule has 0 aliphatic rings. The molecule has 5 heteroatoms. The van der Waals surface area contributed by atoms with Gasteiger partial charge in [0.25, 0.3) is 0 Å². The van der Waals surface area contributed by atoms with Gasteiger partial charge in [-0.3, -0.25) is 0 Å². The highest BCUT2D eigenvalue weighted by molar-refractivity contribution is 7.26. The summed E-state index contributed by atoms with van der Waals surface area (Å²) >= 11 is 1.74. The Kier molecular flexibility index (Phi) is 5.51. The van der Waals surface area contributed by atoms with E-state index < -0.39 is 0 Å². The number of nitrogens with zero attached hydrogens (tertiary/aromatic N) is 2. The largest absolute Gasteiger partial charge is 0.456 e. The fourth-order valence-corrected chi connectivity index (χ4v) is 8.62. The Labute approximate surface area is 283 Å². The molecule has 0 radical (unpaired) electrons. The number of para-hydroxylation sites is 1. The number of benzene rings is 7. The van der Waals surface area contributed by atoms with Gasteiger partial charge in [-0.1, -0.05) is 109 Å². The van der Waals surface area contributed by atoms with Crippen LogP contribution in [0.2, 0.25) is 0 Å². The molecule has 4 heterocycles. The zero-order chi connectivity index (χ0) is 32.1. The zero-order valence-corrected chi connectivity index (χ0v) is 26.8. The maximum atomic E-state index is 6.73. The lowest BCUT2D eigenvalue weighted by molar-refractivity contribution is 0.669. The first-order valence-electron chi connectivity index (χ1n) is 16.3. The summed E-state index contributed by atoms with van der Waals surface area (Å²) in [5, 5.41) is 7.69. The fourth-order valence-electron chi connectivity index (χ4n) is 7.47. The van der Waals surface area contributed by atoms with Crippen LogP contribution in [0.25, 0.3) is 109 Å². The predicted molar refractivity (Wildman–Crippen MR) is 203 cm³/mol. The molecule has 7 aromatic carbocycles. The molecule has 0 amide bonds. The van der Waals surface area contributed by atoms with E-state index in [-0.39, 0.29) is 0 Å². The standard InChI is InChI=1S/C44H24N2O2S/c1-2-11-25(12-3-1)33-24-34-39-32(17-10-19-36(39)48-42(34)30-15-5-4-13-27(30)33)41-43-40(31-16-7-9-20-38(31)49-43)45-44(46-41)26-21-22-29-28-14-6-8-18-35(28)47-37(29)23-26/h1-24H. The first kappa shape index (κ1) is 26.7. The molecule has 11 rings (SSSR count). The van der Waals surface area contributed by atoms with Crippen LogP contribution in [0.1, 0.15) is 0 Å². The summed E-state index contributed by atoms with van der Waals surface area (Å²) in [7, 11) is 0. The monoisotopic (exact) mass is 644 g/mol. The second-order valence-corrected chi connectivity index (χ2v) is 13.5. The highest BCUT2D eigenvalue weighted by atomic mass is 32.1. The van der Waals surface area contributed by atoms with Crippen molar-refractivity contribution in [1.29, 1.82) is 0 Å². The third-order valence-corrected chi connectivity index (χ3v) is 10.9. The van der Waals surface area contributed by atoms with E-state index >= 15 is 0 Å². The van der Waals surface area contributed by atoms with E-state index in [0.717, 1.165) is 81.7 Å². The summed E-state index contributed by atoms with van der Waals surface area (Å²) in [4.78, 5) is 10.6. The zero-order valence-electron chi connectivity index (χ0n) is 26.0. The summed E-state index contributed by atoms with van der Waals surface area (Å²) in [6.07, 6.45) is 0. The predicted octanol–water partition coefficient (Wildman–Crippen LogP) is 12.8. The number of furan rings is 2. The van der Waals surface area contributed by atoms with Gasteiger partial charge in [-0.2, -0.15) is 0 Å². The summed E-state index contributed by atoms with van der Waals surface area (Å²) in [6.45, 7) is 0. The number of hydrogen-bond acceptors (Lipinski definition) is 5. The Morgan fingerprint density at radius 3 is 2.08 bits per heavy atom. The van der Waals surface area contributed by atoms with E-state index in [4.69, 9.17) is 18.8 Å². The van der Waals surface area contributed by atoms with Gasteiger partial charge in [0.2, 0.25) is 0 Å². The molecule has 0 aliphatic heterocycles. The topological polar surface area (TPSA) is 52.1 Å². The summed E-state index contributed by atoms with van der Waals surface area (Å²) < 4.78 is 15.3. The van der Waals surface area contributed by atoms with Crippen LogP contribution in [0.15, 0.2) is 154 Å². The van der Waals surface area contributed by atoms with Gasteiger partial charge in [0.05, 0.1) is 15.9 Å². The van der Waals surface area contributed by atoms with Crippen molar-refractivity contribution in [2.75, 3.05) is 0 Å². The quantitative estimate of drug-likeness (QED) is 0.192. The Morgan fingerprint density at radius 2 is 1.18 bits per heavy atom. The van der Waals surface area contributed by atoms with Crippen molar-refractivity contribution in [3.8, 4) is 33.8 Å². The summed E-state index contributed by atoms with van der Waals surface area (Å²) in [5.41, 5.74) is 9.54. The van der Waals surface area contributed by atoms with Crippen molar-refractivity contribution >= 4 is 86.3 Å². The van der Waals surface area contributed by atoms with Crippen molar-refractivity contribution in [2.45, 2.75) is 0 Å². The lowest BCUT2D eigenvalue weighted by Crippen LogP contribution is -1.94. The smallest absolute Gasteiger partial charge is 0.160 e. The van der Waals surface area contributed by atoms with E-state index in [1.165, 1.54) is 21.2 Å². The third-order valence-electron chi connectivity index (χ3n) is 9.70. The van der Waals surface area contributed by atoms with Crippen LogP contribution in [0, 0.1) is 0 Å². The van der Waals surface area contributed by atoms with Crippen molar-refractivity contribution < 1.29 is 8.83 Å². The van der Waals surface area contributed by atoms with Gasteiger partial charge in [-0.15, -0.1) is 11.3 Å². The first-order chi connectivity index (χ1) is 24.3. The number of hydrogen-bond donors (Lipinski definition) is 0. The number of thiophene rings is 1. The molecule has 4 aromatic heterocycles. The van der Waals surface area contributed by atoms with E-state index in [1.54, 1.807) is 11.3 Å². The molecule has 0 fully saturated rings. The second-order valence-electron chi connectivity index (χ2n) is 12.5. The number of aromatic nitrogens is 2. The first-order valence-corrected chi connectivity index (χ1v) is 17.1. The van der Waals surface area contributed by atoms with Gasteiger partial charge in [0.15, 0.2) is 5.82 Å². The average molecular weight is 645 g/mol. The van der Waals surface area contributed by atoms with Gasteiger partial charge >= 0.3 is 0 Å². The van der Waals surface area contributed by atoms with Crippen LogP contribution in [-0.4, -0.2) is 9.97 Å².